The predicted molar refractivity (Wildman–Crippen MR) is 219 cm³/mol. The molecule has 7 aromatic rings. The summed E-state index contributed by atoms with van der Waals surface area (Å²) in [6.07, 6.45) is 0. The molecule has 3 aliphatic rings. The van der Waals surface area contributed by atoms with Crippen LogP contribution in [0.5, 0.6) is 0 Å². The molecule has 0 aliphatic heterocycles. The first-order valence-corrected chi connectivity index (χ1v) is 18.7. The average molecular weight is 670 g/mol. The molecule has 52 heavy (non-hydrogen) atoms. The molecule has 1 nitrogen and oxygen atoms in total. The van der Waals surface area contributed by atoms with Crippen LogP contribution in [0.1, 0.15) is 74.9 Å². The van der Waals surface area contributed by atoms with Gasteiger partial charge >= 0.3 is 0 Å². The van der Waals surface area contributed by atoms with Crippen LogP contribution in [0.3, 0.4) is 0 Å². The Kier molecular flexibility index (Phi) is 6.39. The van der Waals surface area contributed by atoms with Gasteiger partial charge in [-0.15, -0.1) is 0 Å². The van der Waals surface area contributed by atoms with Crippen molar-refractivity contribution in [1.29, 1.82) is 0 Å². The van der Waals surface area contributed by atoms with Gasteiger partial charge in [0.1, 0.15) is 0 Å². The summed E-state index contributed by atoms with van der Waals surface area (Å²) in [4.78, 5) is 2.52. The molecule has 252 valence electrons. The molecular weight excluding hydrogens is 627 g/mol. The van der Waals surface area contributed by atoms with E-state index in [1.165, 1.54) is 89.3 Å². The Labute approximate surface area is 308 Å². The molecule has 0 amide bonds. The summed E-state index contributed by atoms with van der Waals surface area (Å²) < 4.78 is 0. The largest absolute Gasteiger partial charge is 0.310 e. The first-order chi connectivity index (χ1) is 25.1. The van der Waals surface area contributed by atoms with Crippen LogP contribution >= 0.6 is 0 Å². The number of hydrogen-bond donors (Lipinski definition) is 0. The molecular formula is C51H43N. The second kappa shape index (κ2) is 10.7. The monoisotopic (exact) mass is 669 g/mol. The van der Waals surface area contributed by atoms with Gasteiger partial charge in [-0.25, -0.2) is 0 Å². The van der Waals surface area contributed by atoms with Gasteiger partial charge in [0.15, 0.2) is 0 Å². The number of nitrogens with zero attached hydrogens (tertiary/aromatic N) is 1. The van der Waals surface area contributed by atoms with Crippen LogP contribution in [-0.4, -0.2) is 0 Å². The fraction of sp³-hybridized carbons (Fsp3) is 0.176. The van der Waals surface area contributed by atoms with Crippen LogP contribution in [-0.2, 0) is 16.2 Å². The van der Waals surface area contributed by atoms with Crippen molar-refractivity contribution in [2.75, 3.05) is 4.90 Å². The van der Waals surface area contributed by atoms with Crippen molar-refractivity contribution in [3.05, 3.63) is 185 Å². The van der Waals surface area contributed by atoms with E-state index in [1.54, 1.807) is 0 Å². The quantitative estimate of drug-likeness (QED) is 0.180. The number of fused-ring (bicyclic) bond motifs is 9. The van der Waals surface area contributed by atoms with Gasteiger partial charge < -0.3 is 4.90 Å². The molecule has 0 spiro atoms. The fourth-order valence-electron chi connectivity index (χ4n) is 9.84. The Morgan fingerprint density at radius 3 is 1.52 bits per heavy atom. The van der Waals surface area contributed by atoms with E-state index in [0.717, 1.165) is 5.69 Å². The standard InChI is InChI=1S/C51H43N/c1-49(2)41-19-12-10-17-36(41)38-28-27-35(29-44(38)49)52(34-25-23-33(24-26-34)32-15-8-7-9-16-32)47-22-14-21-43-48(47)40-30-39-37-18-11-13-20-42(37)50(3,4)45(39)31-46(40)51(43,5)6/h7-31H,1-6H3. The van der Waals surface area contributed by atoms with Crippen LogP contribution in [0.4, 0.5) is 17.1 Å². The van der Waals surface area contributed by atoms with Crippen molar-refractivity contribution < 1.29 is 0 Å². The van der Waals surface area contributed by atoms with Crippen LogP contribution in [0, 0.1) is 0 Å². The van der Waals surface area contributed by atoms with Crippen molar-refractivity contribution >= 4 is 17.1 Å². The first-order valence-electron chi connectivity index (χ1n) is 18.7. The van der Waals surface area contributed by atoms with Crippen molar-refractivity contribution in [3.8, 4) is 44.5 Å². The van der Waals surface area contributed by atoms with E-state index in [9.17, 15) is 0 Å². The van der Waals surface area contributed by atoms with Crippen LogP contribution in [0.2, 0.25) is 0 Å². The van der Waals surface area contributed by atoms with E-state index in [1.807, 2.05) is 0 Å². The normalized spacial score (nSPS) is 16.0. The Morgan fingerprint density at radius 2 is 0.827 bits per heavy atom. The number of rotatable bonds is 4. The average Bonchev–Trinajstić information content (AvgIpc) is 3.64. The third-order valence-electron chi connectivity index (χ3n) is 12.7. The third kappa shape index (κ3) is 4.17. The summed E-state index contributed by atoms with van der Waals surface area (Å²) in [5.41, 5.74) is 22.2. The summed E-state index contributed by atoms with van der Waals surface area (Å²) >= 11 is 0. The van der Waals surface area contributed by atoms with Gasteiger partial charge in [0.05, 0.1) is 5.69 Å². The maximum absolute atomic E-state index is 2.54. The Bertz CT molecular complexity index is 2580. The number of anilines is 3. The van der Waals surface area contributed by atoms with Crippen LogP contribution in [0.15, 0.2) is 152 Å². The molecule has 0 heterocycles. The Morgan fingerprint density at radius 1 is 0.327 bits per heavy atom. The van der Waals surface area contributed by atoms with Crippen molar-refractivity contribution in [1.82, 2.24) is 0 Å². The van der Waals surface area contributed by atoms with E-state index in [4.69, 9.17) is 0 Å². The van der Waals surface area contributed by atoms with Gasteiger partial charge in [-0.05, 0) is 109 Å². The lowest BCUT2D eigenvalue weighted by Crippen LogP contribution is -2.19. The molecule has 0 saturated heterocycles. The summed E-state index contributed by atoms with van der Waals surface area (Å²) in [6.45, 7) is 14.4. The zero-order chi connectivity index (χ0) is 35.6. The fourth-order valence-corrected chi connectivity index (χ4v) is 9.84. The molecule has 0 fully saturated rings. The molecule has 0 atom stereocenters. The maximum Gasteiger partial charge on any atom is 0.0543 e. The molecule has 3 aliphatic carbocycles. The third-order valence-corrected chi connectivity index (χ3v) is 12.7. The van der Waals surface area contributed by atoms with E-state index >= 15 is 0 Å². The number of benzene rings is 7. The SMILES string of the molecule is CC1(C)c2ccccc2-c2ccc(N(c3ccc(-c4ccccc4)cc3)c3cccc4c3-c3cc5c(cc3C4(C)C)C(C)(C)c3ccccc3-5)cc21. The van der Waals surface area contributed by atoms with Gasteiger partial charge in [0.2, 0.25) is 0 Å². The molecule has 1 heteroatoms. The summed E-state index contributed by atoms with van der Waals surface area (Å²) in [7, 11) is 0. The highest BCUT2D eigenvalue weighted by Crippen LogP contribution is 2.59. The molecule has 0 radical (unpaired) electrons. The lowest BCUT2D eigenvalue weighted by Gasteiger charge is -2.30. The minimum Gasteiger partial charge on any atom is -0.310 e. The predicted octanol–water partition coefficient (Wildman–Crippen LogP) is 13.7. The first kappa shape index (κ1) is 31.1. The topological polar surface area (TPSA) is 3.24 Å². The van der Waals surface area contributed by atoms with Gasteiger partial charge in [0, 0.05) is 33.2 Å². The summed E-state index contributed by atoms with van der Waals surface area (Å²) in [6, 6.07) is 57.0. The smallest absolute Gasteiger partial charge is 0.0543 e. The highest BCUT2D eigenvalue weighted by atomic mass is 15.1. The molecule has 0 N–H and O–H groups in total. The molecule has 0 aromatic heterocycles. The molecule has 10 rings (SSSR count). The molecule has 0 bridgehead atoms. The van der Waals surface area contributed by atoms with Gasteiger partial charge in [0.25, 0.3) is 0 Å². The van der Waals surface area contributed by atoms with Crippen LogP contribution < -0.4 is 4.90 Å². The second-order valence-corrected chi connectivity index (χ2v) is 16.6. The van der Waals surface area contributed by atoms with Gasteiger partial charge in [-0.1, -0.05) is 157 Å². The molecule has 0 saturated carbocycles. The molecule has 0 unspecified atom stereocenters. The molecule has 7 aromatic carbocycles. The summed E-state index contributed by atoms with van der Waals surface area (Å²) in [5.74, 6) is 0. The van der Waals surface area contributed by atoms with Crippen molar-refractivity contribution in [2.24, 2.45) is 0 Å². The van der Waals surface area contributed by atoms with E-state index in [2.05, 4.69) is 198 Å². The van der Waals surface area contributed by atoms with Crippen LogP contribution in [0.25, 0.3) is 44.5 Å². The minimum absolute atomic E-state index is 0.0457. The Balaban J connectivity index is 1.21. The minimum atomic E-state index is -0.148. The lowest BCUT2D eigenvalue weighted by atomic mass is 9.78. The lowest BCUT2D eigenvalue weighted by molar-refractivity contribution is 0.639. The maximum atomic E-state index is 2.54. The van der Waals surface area contributed by atoms with E-state index in [-0.39, 0.29) is 16.2 Å². The van der Waals surface area contributed by atoms with Crippen molar-refractivity contribution in [2.45, 2.75) is 57.8 Å². The van der Waals surface area contributed by atoms with E-state index < -0.39 is 0 Å². The second-order valence-electron chi connectivity index (χ2n) is 16.6. The van der Waals surface area contributed by atoms with Crippen molar-refractivity contribution in [3.63, 3.8) is 0 Å². The zero-order valence-electron chi connectivity index (χ0n) is 30.9. The summed E-state index contributed by atoms with van der Waals surface area (Å²) in [5, 5.41) is 0. The Hall–Kier alpha value is -5.66. The van der Waals surface area contributed by atoms with E-state index in [0.29, 0.717) is 0 Å². The van der Waals surface area contributed by atoms with Gasteiger partial charge in [-0.3, -0.25) is 0 Å². The number of hydrogen-bond acceptors (Lipinski definition) is 1. The zero-order valence-corrected chi connectivity index (χ0v) is 30.9. The highest BCUT2D eigenvalue weighted by Gasteiger charge is 2.43. The highest BCUT2D eigenvalue weighted by molar-refractivity contribution is 5.98. The van der Waals surface area contributed by atoms with Gasteiger partial charge in [-0.2, -0.15) is 0 Å².